The molecular formula is C27H22ClN5O5S. The molecule has 39 heavy (non-hydrogen) atoms. The third-order valence-electron chi connectivity index (χ3n) is 6.16. The zero-order chi connectivity index (χ0) is 27.5. The van der Waals surface area contributed by atoms with Gasteiger partial charge in [-0.15, -0.1) is 0 Å². The molecule has 1 amide bonds. The van der Waals surface area contributed by atoms with Crippen molar-refractivity contribution in [3.63, 3.8) is 0 Å². The van der Waals surface area contributed by atoms with Crippen molar-refractivity contribution in [1.29, 1.82) is 0 Å². The van der Waals surface area contributed by atoms with Crippen molar-refractivity contribution in [1.82, 2.24) is 10.3 Å². The number of aromatic nitrogens is 1. The standard InChI is InChI=1S/C27H22ClN5O5S/c1-37-15-24(34)30-19-10-9-16(14-18(19)28)32-26(25(31-27(32)39)20-7-4-5-13-29-20)23-12-11-22(38-23)17-6-2-3-8-21(17)33(35)36/h2-14,25-26H,15H2,1H3,(H,30,34)(H,31,39)/t25-,26-/m0/s1. The topological polar surface area (TPSA) is 123 Å². The number of nitrogens with zero attached hydrogens (tertiary/aromatic N) is 3. The summed E-state index contributed by atoms with van der Waals surface area (Å²) in [7, 11) is 1.43. The Morgan fingerprint density at radius 2 is 2.00 bits per heavy atom. The first-order valence-corrected chi connectivity index (χ1v) is 12.6. The second kappa shape index (κ2) is 11.2. The number of hydrogen-bond acceptors (Lipinski definition) is 7. The van der Waals surface area contributed by atoms with Gasteiger partial charge >= 0.3 is 0 Å². The summed E-state index contributed by atoms with van der Waals surface area (Å²) in [5.74, 6) is 0.528. The fourth-order valence-electron chi connectivity index (χ4n) is 4.49. The average Bonchev–Trinajstić information content (AvgIpc) is 3.55. The minimum atomic E-state index is -0.506. The van der Waals surface area contributed by atoms with Crippen LogP contribution in [0.1, 0.15) is 23.5 Å². The molecular weight excluding hydrogens is 542 g/mol. The van der Waals surface area contributed by atoms with Gasteiger partial charge in [-0.2, -0.15) is 0 Å². The van der Waals surface area contributed by atoms with Crippen LogP contribution in [0.15, 0.2) is 83.4 Å². The van der Waals surface area contributed by atoms with Crippen molar-refractivity contribution in [3.8, 4) is 11.3 Å². The molecule has 2 atom stereocenters. The Morgan fingerprint density at radius 3 is 2.72 bits per heavy atom. The summed E-state index contributed by atoms with van der Waals surface area (Å²) in [6, 6.07) is 19.7. The van der Waals surface area contributed by atoms with Crippen LogP contribution >= 0.6 is 23.8 Å². The molecule has 2 aromatic heterocycles. The average molecular weight is 564 g/mol. The number of para-hydroxylation sites is 1. The Labute approximate surface area is 233 Å². The van der Waals surface area contributed by atoms with Gasteiger partial charge < -0.3 is 24.7 Å². The number of benzene rings is 2. The van der Waals surface area contributed by atoms with Crippen molar-refractivity contribution in [2.75, 3.05) is 23.9 Å². The maximum absolute atomic E-state index is 12.0. The number of nitrogens with one attached hydrogen (secondary N) is 2. The summed E-state index contributed by atoms with van der Waals surface area (Å²) in [5, 5.41) is 18.4. The molecule has 198 valence electrons. The SMILES string of the molecule is COCC(=O)Nc1ccc(N2C(=S)N[C@@H](c3ccccn3)[C@@H]2c2ccc(-c3ccccc3[N+](=O)[O-])o2)cc1Cl. The predicted molar refractivity (Wildman–Crippen MR) is 151 cm³/mol. The van der Waals surface area contributed by atoms with Crippen molar-refractivity contribution >= 4 is 51.9 Å². The summed E-state index contributed by atoms with van der Waals surface area (Å²) in [5.41, 5.74) is 2.10. The van der Waals surface area contributed by atoms with Crippen LogP contribution in [0.3, 0.4) is 0 Å². The van der Waals surface area contributed by atoms with Crippen LogP contribution in [0.5, 0.6) is 0 Å². The molecule has 10 nitrogen and oxygen atoms in total. The fourth-order valence-corrected chi connectivity index (χ4v) is 5.06. The van der Waals surface area contributed by atoms with Gasteiger partial charge in [0.1, 0.15) is 24.2 Å². The number of nitro benzene ring substituents is 1. The molecule has 1 saturated heterocycles. The molecule has 0 saturated carbocycles. The lowest BCUT2D eigenvalue weighted by Gasteiger charge is -2.26. The molecule has 1 aliphatic rings. The number of hydrogen-bond donors (Lipinski definition) is 2. The van der Waals surface area contributed by atoms with E-state index in [1.807, 2.05) is 23.1 Å². The van der Waals surface area contributed by atoms with Crippen LogP contribution in [-0.2, 0) is 9.53 Å². The summed E-state index contributed by atoms with van der Waals surface area (Å²) < 4.78 is 11.1. The minimum Gasteiger partial charge on any atom is -0.459 e. The van der Waals surface area contributed by atoms with Crippen LogP contribution in [0.25, 0.3) is 11.3 Å². The molecule has 1 aliphatic heterocycles. The smallest absolute Gasteiger partial charge is 0.280 e. The second-order valence-corrected chi connectivity index (χ2v) is 9.41. The Kier molecular flexibility index (Phi) is 7.55. The first kappa shape index (κ1) is 26.3. The fraction of sp³-hybridized carbons (Fsp3) is 0.148. The van der Waals surface area contributed by atoms with Crippen LogP contribution in [0.4, 0.5) is 17.1 Å². The van der Waals surface area contributed by atoms with Crippen molar-refractivity contribution < 1.29 is 18.9 Å². The van der Waals surface area contributed by atoms with E-state index in [0.29, 0.717) is 38.6 Å². The number of carbonyl (C=O) groups is 1. The molecule has 0 bridgehead atoms. The lowest BCUT2D eigenvalue weighted by Crippen LogP contribution is -2.29. The van der Waals surface area contributed by atoms with E-state index in [9.17, 15) is 14.9 Å². The van der Waals surface area contributed by atoms with Crippen molar-refractivity contribution in [2.24, 2.45) is 0 Å². The summed E-state index contributed by atoms with van der Waals surface area (Å²) in [6.45, 7) is -0.105. The number of amides is 1. The molecule has 2 N–H and O–H groups in total. The number of carbonyl (C=O) groups excluding carboxylic acids is 1. The quantitative estimate of drug-likeness (QED) is 0.159. The maximum atomic E-state index is 12.0. The zero-order valence-corrected chi connectivity index (χ0v) is 22.1. The van der Waals surface area contributed by atoms with Crippen LogP contribution in [0, 0.1) is 10.1 Å². The van der Waals surface area contributed by atoms with Crippen LogP contribution < -0.4 is 15.5 Å². The zero-order valence-electron chi connectivity index (χ0n) is 20.5. The summed E-state index contributed by atoms with van der Waals surface area (Å²) in [6.07, 6.45) is 1.69. The molecule has 2 aromatic carbocycles. The van der Waals surface area contributed by atoms with Crippen molar-refractivity contribution in [3.05, 3.63) is 106 Å². The Bertz CT molecular complexity index is 1550. The molecule has 0 aliphatic carbocycles. The Hall–Kier alpha value is -4.32. The molecule has 0 spiro atoms. The minimum absolute atomic E-state index is 0.0607. The summed E-state index contributed by atoms with van der Waals surface area (Å²) in [4.78, 5) is 29.5. The highest BCUT2D eigenvalue weighted by atomic mass is 35.5. The highest BCUT2D eigenvalue weighted by Crippen LogP contribution is 2.44. The number of rotatable bonds is 8. The predicted octanol–water partition coefficient (Wildman–Crippen LogP) is 5.67. The Balaban J connectivity index is 1.56. The highest BCUT2D eigenvalue weighted by molar-refractivity contribution is 7.80. The van der Waals surface area contributed by atoms with Gasteiger partial charge in [0.2, 0.25) is 5.91 Å². The van der Waals surface area contributed by atoms with E-state index in [2.05, 4.69) is 15.6 Å². The lowest BCUT2D eigenvalue weighted by atomic mass is 10.0. The highest BCUT2D eigenvalue weighted by Gasteiger charge is 2.43. The largest absolute Gasteiger partial charge is 0.459 e. The van der Waals surface area contributed by atoms with Crippen molar-refractivity contribution in [2.45, 2.75) is 12.1 Å². The van der Waals surface area contributed by atoms with E-state index in [4.69, 9.17) is 33.0 Å². The molecule has 0 radical (unpaired) electrons. The number of nitro groups is 1. The molecule has 12 heteroatoms. The van der Waals surface area contributed by atoms with Gasteiger partial charge in [-0.25, -0.2) is 0 Å². The van der Waals surface area contributed by atoms with Crippen LogP contribution in [0.2, 0.25) is 5.02 Å². The van der Waals surface area contributed by atoms with E-state index >= 15 is 0 Å². The van der Waals surface area contributed by atoms with Gasteiger partial charge in [0, 0.05) is 25.1 Å². The first-order valence-electron chi connectivity index (χ1n) is 11.8. The number of thiocarbonyl (C=S) groups is 1. The number of pyridine rings is 1. The van der Waals surface area contributed by atoms with E-state index < -0.39 is 17.0 Å². The van der Waals surface area contributed by atoms with Gasteiger partial charge in [0.15, 0.2) is 5.11 Å². The lowest BCUT2D eigenvalue weighted by molar-refractivity contribution is -0.384. The van der Waals surface area contributed by atoms with E-state index in [1.54, 1.807) is 54.7 Å². The third kappa shape index (κ3) is 5.32. The number of ether oxygens (including phenoxy) is 1. The molecule has 4 aromatic rings. The second-order valence-electron chi connectivity index (χ2n) is 8.62. The first-order chi connectivity index (χ1) is 18.9. The van der Waals surface area contributed by atoms with Gasteiger partial charge in [0.05, 0.1) is 32.9 Å². The number of furan rings is 1. The normalized spacial score (nSPS) is 16.7. The van der Waals surface area contributed by atoms with Crippen LogP contribution in [-0.4, -0.2) is 34.6 Å². The van der Waals surface area contributed by atoms with Gasteiger partial charge in [-0.05, 0) is 60.7 Å². The van der Waals surface area contributed by atoms with Gasteiger partial charge in [-0.1, -0.05) is 29.8 Å². The van der Waals surface area contributed by atoms with E-state index in [-0.39, 0.29) is 18.2 Å². The van der Waals surface area contributed by atoms with E-state index in [1.165, 1.54) is 13.2 Å². The van der Waals surface area contributed by atoms with Gasteiger partial charge in [-0.3, -0.25) is 19.9 Å². The molecule has 3 heterocycles. The number of halogens is 1. The monoisotopic (exact) mass is 563 g/mol. The third-order valence-corrected chi connectivity index (χ3v) is 6.79. The Morgan fingerprint density at radius 1 is 1.21 bits per heavy atom. The maximum Gasteiger partial charge on any atom is 0.280 e. The number of anilines is 2. The molecule has 0 unspecified atom stereocenters. The van der Waals surface area contributed by atoms with Gasteiger partial charge in [0.25, 0.3) is 5.69 Å². The number of methoxy groups -OCH3 is 1. The molecule has 1 fully saturated rings. The summed E-state index contributed by atoms with van der Waals surface area (Å²) >= 11 is 12.3. The molecule has 5 rings (SSSR count). The van der Waals surface area contributed by atoms with E-state index in [0.717, 1.165) is 5.69 Å².